The Morgan fingerprint density at radius 2 is 2.21 bits per heavy atom. The Hall–Kier alpha value is -1.39. The molecule has 0 aliphatic carbocycles. The third-order valence-corrected chi connectivity index (χ3v) is 3.27. The first kappa shape index (κ1) is 14.0. The number of hydrogen-bond acceptors (Lipinski definition) is 2. The molecule has 1 atom stereocenters. The molecule has 5 heteroatoms. The number of rotatable bonds is 5. The fourth-order valence-electron chi connectivity index (χ4n) is 2.06. The van der Waals surface area contributed by atoms with Crippen LogP contribution in [0.25, 0.3) is 0 Å². The van der Waals surface area contributed by atoms with Gasteiger partial charge in [-0.05, 0) is 18.1 Å². The van der Waals surface area contributed by atoms with Gasteiger partial charge in [0.25, 0.3) is 0 Å². The van der Waals surface area contributed by atoms with Crippen molar-refractivity contribution in [1.29, 1.82) is 0 Å². The van der Waals surface area contributed by atoms with Gasteiger partial charge in [-0.3, -0.25) is 0 Å². The zero-order valence-electron chi connectivity index (χ0n) is 11.0. The number of aromatic amines is 1. The second-order valence-electron chi connectivity index (χ2n) is 4.85. The fraction of sp³-hybridized carbons (Fsp3) is 0.357. The average molecular weight is 282 g/mol. The zero-order chi connectivity index (χ0) is 13.8. The van der Waals surface area contributed by atoms with E-state index in [0.29, 0.717) is 17.1 Å². The molecule has 0 fully saturated rings. The van der Waals surface area contributed by atoms with Gasteiger partial charge in [0.05, 0.1) is 6.33 Å². The van der Waals surface area contributed by atoms with E-state index in [1.54, 1.807) is 24.7 Å². The van der Waals surface area contributed by atoms with Crippen LogP contribution < -0.4 is 5.32 Å². The maximum atomic E-state index is 14.0. The Morgan fingerprint density at radius 1 is 1.42 bits per heavy atom. The van der Waals surface area contributed by atoms with Crippen LogP contribution in [0.4, 0.5) is 4.39 Å². The van der Waals surface area contributed by atoms with E-state index in [-0.39, 0.29) is 17.8 Å². The van der Waals surface area contributed by atoms with Crippen LogP contribution in [0.15, 0.2) is 30.7 Å². The molecule has 0 unspecified atom stereocenters. The average Bonchev–Trinajstić information content (AvgIpc) is 2.84. The van der Waals surface area contributed by atoms with Gasteiger partial charge in [0, 0.05) is 35.1 Å². The van der Waals surface area contributed by atoms with E-state index >= 15 is 0 Å². The number of imidazole rings is 1. The first-order chi connectivity index (χ1) is 9.08. The van der Waals surface area contributed by atoms with Crippen molar-refractivity contribution in [3.05, 3.63) is 52.8 Å². The van der Waals surface area contributed by atoms with E-state index in [4.69, 9.17) is 11.6 Å². The van der Waals surface area contributed by atoms with E-state index in [0.717, 1.165) is 5.69 Å². The van der Waals surface area contributed by atoms with Crippen LogP contribution in [-0.4, -0.2) is 9.97 Å². The lowest BCUT2D eigenvalue weighted by Gasteiger charge is -2.23. The van der Waals surface area contributed by atoms with Crippen molar-refractivity contribution in [2.75, 3.05) is 0 Å². The summed E-state index contributed by atoms with van der Waals surface area (Å²) < 4.78 is 14.0. The third kappa shape index (κ3) is 3.55. The lowest BCUT2D eigenvalue weighted by atomic mass is 9.95. The van der Waals surface area contributed by atoms with Gasteiger partial charge < -0.3 is 10.3 Å². The third-order valence-electron chi connectivity index (χ3n) is 3.03. The molecule has 0 spiro atoms. The number of aromatic nitrogens is 2. The number of benzene rings is 1. The van der Waals surface area contributed by atoms with E-state index in [9.17, 15) is 4.39 Å². The van der Waals surface area contributed by atoms with Crippen molar-refractivity contribution in [2.24, 2.45) is 5.92 Å². The van der Waals surface area contributed by atoms with Gasteiger partial charge in [0.15, 0.2) is 0 Å². The van der Waals surface area contributed by atoms with Crippen molar-refractivity contribution in [3.63, 3.8) is 0 Å². The van der Waals surface area contributed by atoms with Gasteiger partial charge in [-0.15, -0.1) is 0 Å². The molecular formula is C14H17ClFN3. The molecule has 0 bridgehead atoms. The molecule has 0 saturated carbocycles. The van der Waals surface area contributed by atoms with Crippen molar-refractivity contribution >= 4 is 11.6 Å². The highest BCUT2D eigenvalue weighted by atomic mass is 35.5. The van der Waals surface area contributed by atoms with Gasteiger partial charge >= 0.3 is 0 Å². The molecule has 1 heterocycles. The van der Waals surface area contributed by atoms with Crippen LogP contribution in [0.3, 0.4) is 0 Å². The van der Waals surface area contributed by atoms with Gasteiger partial charge in [-0.1, -0.05) is 31.5 Å². The van der Waals surface area contributed by atoms with Crippen molar-refractivity contribution in [1.82, 2.24) is 15.3 Å². The number of hydrogen-bond donors (Lipinski definition) is 2. The summed E-state index contributed by atoms with van der Waals surface area (Å²) in [5.41, 5.74) is 1.61. The summed E-state index contributed by atoms with van der Waals surface area (Å²) in [5.74, 6) is -0.0121. The Labute approximate surface area is 117 Å². The first-order valence-corrected chi connectivity index (χ1v) is 6.61. The molecule has 0 aliphatic rings. The largest absolute Gasteiger partial charge is 0.347 e. The summed E-state index contributed by atoms with van der Waals surface area (Å²) in [6.07, 6.45) is 3.38. The van der Waals surface area contributed by atoms with Gasteiger partial charge in [-0.25, -0.2) is 9.37 Å². The SMILES string of the molecule is CC(C)[C@H](NCc1cnc[nH]1)c1ccc(Cl)cc1F. The normalized spacial score (nSPS) is 12.9. The Kier molecular flexibility index (Phi) is 4.56. The molecule has 2 rings (SSSR count). The molecule has 0 amide bonds. The Morgan fingerprint density at radius 3 is 2.79 bits per heavy atom. The molecule has 0 aliphatic heterocycles. The quantitative estimate of drug-likeness (QED) is 0.877. The number of halogens is 2. The predicted molar refractivity (Wildman–Crippen MR) is 74.4 cm³/mol. The van der Waals surface area contributed by atoms with Crippen LogP contribution in [0, 0.1) is 11.7 Å². The lowest BCUT2D eigenvalue weighted by Crippen LogP contribution is -2.26. The molecular weight excluding hydrogens is 265 g/mol. The minimum absolute atomic E-state index is 0.0689. The fourth-order valence-corrected chi connectivity index (χ4v) is 2.22. The zero-order valence-corrected chi connectivity index (χ0v) is 11.7. The van der Waals surface area contributed by atoms with E-state index in [1.807, 2.05) is 0 Å². The second-order valence-corrected chi connectivity index (χ2v) is 5.28. The van der Waals surface area contributed by atoms with Gasteiger partial charge in [-0.2, -0.15) is 0 Å². The van der Waals surface area contributed by atoms with Crippen LogP contribution in [-0.2, 0) is 6.54 Å². The molecule has 3 nitrogen and oxygen atoms in total. The molecule has 0 saturated heterocycles. The molecule has 2 aromatic rings. The summed E-state index contributed by atoms with van der Waals surface area (Å²) in [7, 11) is 0. The highest BCUT2D eigenvalue weighted by molar-refractivity contribution is 6.30. The summed E-state index contributed by atoms with van der Waals surface area (Å²) in [5, 5.41) is 3.76. The lowest BCUT2D eigenvalue weighted by molar-refractivity contribution is 0.394. The molecule has 2 N–H and O–H groups in total. The van der Waals surface area contributed by atoms with Crippen LogP contribution in [0.5, 0.6) is 0 Å². The molecule has 102 valence electrons. The predicted octanol–water partition coefficient (Wildman–Crippen LogP) is 3.69. The maximum Gasteiger partial charge on any atom is 0.129 e. The van der Waals surface area contributed by atoms with Crippen molar-refractivity contribution in [3.8, 4) is 0 Å². The Bertz CT molecular complexity index is 525. The minimum Gasteiger partial charge on any atom is -0.347 e. The van der Waals surface area contributed by atoms with Crippen molar-refractivity contribution < 1.29 is 4.39 Å². The second kappa shape index (κ2) is 6.17. The van der Waals surface area contributed by atoms with Gasteiger partial charge in [0.2, 0.25) is 0 Å². The van der Waals surface area contributed by atoms with Crippen LogP contribution >= 0.6 is 11.6 Å². The molecule has 19 heavy (non-hydrogen) atoms. The Balaban J connectivity index is 2.15. The summed E-state index contributed by atoms with van der Waals surface area (Å²) in [4.78, 5) is 6.98. The van der Waals surface area contributed by atoms with E-state index in [1.165, 1.54) is 6.07 Å². The summed E-state index contributed by atoms with van der Waals surface area (Å²) in [6, 6.07) is 4.74. The molecule has 1 aromatic heterocycles. The topological polar surface area (TPSA) is 40.7 Å². The molecule has 0 radical (unpaired) electrons. The van der Waals surface area contributed by atoms with E-state index < -0.39 is 0 Å². The molecule has 1 aromatic carbocycles. The minimum atomic E-state index is -0.275. The summed E-state index contributed by atoms with van der Waals surface area (Å²) in [6.45, 7) is 4.72. The highest BCUT2D eigenvalue weighted by Crippen LogP contribution is 2.26. The number of nitrogens with one attached hydrogen (secondary N) is 2. The monoisotopic (exact) mass is 281 g/mol. The standard InChI is InChI=1S/C14H17ClFN3/c1-9(2)14(18-7-11-6-17-8-19-11)12-4-3-10(15)5-13(12)16/h3-6,8-9,14,18H,7H2,1-2H3,(H,17,19)/t14-/m0/s1. The number of H-pyrrole nitrogens is 1. The van der Waals surface area contributed by atoms with E-state index in [2.05, 4.69) is 29.1 Å². The number of nitrogens with zero attached hydrogens (tertiary/aromatic N) is 1. The first-order valence-electron chi connectivity index (χ1n) is 6.23. The van der Waals surface area contributed by atoms with Gasteiger partial charge in [0.1, 0.15) is 5.82 Å². The smallest absolute Gasteiger partial charge is 0.129 e. The van der Waals surface area contributed by atoms with Crippen LogP contribution in [0.1, 0.15) is 31.1 Å². The van der Waals surface area contributed by atoms with Crippen molar-refractivity contribution in [2.45, 2.75) is 26.4 Å². The maximum absolute atomic E-state index is 14.0. The highest BCUT2D eigenvalue weighted by Gasteiger charge is 2.19. The summed E-state index contributed by atoms with van der Waals surface area (Å²) >= 11 is 5.79. The van der Waals surface area contributed by atoms with Crippen LogP contribution in [0.2, 0.25) is 5.02 Å².